The van der Waals surface area contributed by atoms with Crippen LogP contribution in [0.3, 0.4) is 0 Å². The van der Waals surface area contributed by atoms with Crippen LogP contribution >= 0.6 is 0 Å². The van der Waals surface area contributed by atoms with Gasteiger partial charge in [0, 0.05) is 22.4 Å². The van der Waals surface area contributed by atoms with Crippen LogP contribution in [0.15, 0.2) is 182 Å². The van der Waals surface area contributed by atoms with Crippen molar-refractivity contribution in [1.29, 1.82) is 0 Å². The third kappa shape index (κ3) is 5.06. The van der Waals surface area contributed by atoms with Crippen LogP contribution in [0, 0.1) is 5.92 Å². The van der Waals surface area contributed by atoms with Crippen LogP contribution in [0.5, 0.6) is 0 Å². The molecule has 0 amide bonds. The molecule has 1 heteroatoms. The molecule has 2 aliphatic rings. The van der Waals surface area contributed by atoms with Crippen molar-refractivity contribution in [2.45, 2.75) is 32.6 Å². The Balaban J connectivity index is 1.17. The van der Waals surface area contributed by atoms with Crippen LogP contribution in [0.4, 0.5) is 17.1 Å². The first-order valence-corrected chi connectivity index (χ1v) is 18.9. The van der Waals surface area contributed by atoms with Crippen LogP contribution < -0.4 is 4.90 Å². The summed E-state index contributed by atoms with van der Waals surface area (Å²) in [6.07, 6.45) is 5.87. The summed E-state index contributed by atoms with van der Waals surface area (Å²) in [5.74, 6) is 0.561. The molecule has 0 radical (unpaired) electrons. The molecule has 1 atom stereocenters. The zero-order chi connectivity index (χ0) is 35.7. The standard InChI is InChI=1S/C52H41N/c1-34-21-28-46-47-30-27-39(33-50(47)52(2,3)49(46)31-34)53(38-25-22-36(23-26-38)35-13-5-4-6-14-35)51-20-12-11-15-40(51)37-24-29-45-43-18-8-7-16-41(43)42-17-9-10-19-44(42)48(45)32-37/h4-30,32-34H,31H2,1-3H3. The Morgan fingerprint density at radius 2 is 1.06 bits per heavy atom. The van der Waals surface area contributed by atoms with Crippen molar-refractivity contribution in [3.05, 3.63) is 193 Å². The normalized spacial score (nSPS) is 15.9. The molecule has 0 saturated heterocycles. The third-order valence-electron chi connectivity index (χ3n) is 11.9. The predicted molar refractivity (Wildman–Crippen MR) is 227 cm³/mol. The Morgan fingerprint density at radius 1 is 0.491 bits per heavy atom. The van der Waals surface area contributed by atoms with Crippen molar-refractivity contribution in [3.8, 4) is 22.3 Å². The quantitative estimate of drug-likeness (QED) is 0.164. The van der Waals surface area contributed by atoms with Crippen molar-refractivity contribution < 1.29 is 0 Å². The van der Waals surface area contributed by atoms with Gasteiger partial charge in [-0.25, -0.2) is 0 Å². The number of nitrogens with zero attached hydrogens (tertiary/aromatic N) is 1. The lowest BCUT2D eigenvalue weighted by atomic mass is 9.76. The molecule has 1 unspecified atom stereocenters. The zero-order valence-electron chi connectivity index (χ0n) is 30.5. The fourth-order valence-corrected chi connectivity index (χ4v) is 9.14. The Hall–Kier alpha value is -6.18. The smallest absolute Gasteiger partial charge is 0.0540 e. The van der Waals surface area contributed by atoms with Crippen LogP contribution in [-0.2, 0) is 5.41 Å². The Labute approximate surface area is 312 Å². The van der Waals surface area contributed by atoms with Gasteiger partial charge in [-0.2, -0.15) is 0 Å². The van der Waals surface area contributed by atoms with Gasteiger partial charge in [0.05, 0.1) is 5.69 Å². The summed E-state index contributed by atoms with van der Waals surface area (Å²) < 4.78 is 0. The van der Waals surface area contributed by atoms with Gasteiger partial charge in [-0.05, 0) is 114 Å². The summed E-state index contributed by atoms with van der Waals surface area (Å²) in [6.45, 7) is 7.17. The van der Waals surface area contributed by atoms with Crippen molar-refractivity contribution in [1.82, 2.24) is 0 Å². The maximum absolute atomic E-state index is 2.47. The van der Waals surface area contributed by atoms with Gasteiger partial charge in [-0.3, -0.25) is 0 Å². The lowest BCUT2D eigenvalue weighted by molar-refractivity contribution is 0.566. The molecule has 0 aromatic heterocycles. The molecular weight excluding hydrogens is 639 g/mol. The van der Waals surface area contributed by atoms with E-state index in [0.29, 0.717) is 5.92 Å². The van der Waals surface area contributed by atoms with E-state index in [1.807, 2.05) is 0 Å². The first kappa shape index (κ1) is 31.5. The van der Waals surface area contributed by atoms with Gasteiger partial charge in [0.2, 0.25) is 0 Å². The summed E-state index contributed by atoms with van der Waals surface area (Å²) in [5, 5.41) is 7.74. The van der Waals surface area contributed by atoms with E-state index in [4.69, 9.17) is 0 Å². The molecule has 0 N–H and O–H groups in total. The Kier molecular flexibility index (Phi) is 7.27. The molecule has 53 heavy (non-hydrogen) atoms. The van der Waals surface area contributed by atoms with Gasteiger partial charge in [0.25, 0.3) is 0 Å². The van der Waals surface area contributed by atoms with Crippen LogP contribution in [0.25, 0.3) is 60.1 Å². The molecular formula is C52H41N. The van der Waals surface area contributed by atoms with Crippen LogP contribution in [0.2, 0.25) is 0 Å². The minimum atomic E-state index is -0.0375. The van der Waals surface area contributed by atoms with Crippen LogP contribution in [0.1, 0.15) is 38.3 Å². The summed E-state index contributed by atoms with van der Waals surface area (Å²) in [7, 11) is 0. The molecule has 0 saturated carbocycles. The summed E-state index contributed by atoms with van der Waals surface area (Å²) >= 11 is 0. The molecule has 2 aliphatic carbocycles. The minimum Gasteiger partial charge on any atom is -0.310 e. The number of allylic oxidation sites excluding steroid dienone is 4. The van der Waals surface area contributed by atoms with Gasteiger partial charge in [0.15, 0.2) is 0 Å². The molecule has 8 aromatic rings. The fourth-order valence-electron chi connectivity index (χ4n) is 9.14. The topological polar surface area (TPSA) is 3.24 Å². The molecule has 0 heterocycles. The second-order valence-electron chi connectivity index (χ2n) is 15.4. The summed E-state index contributed by atoms with van der Waals surface area (Å²) in [6, 6.07) is 60.6. The second kappa shape index (κ2) is 12.2. The monoisotopic (exact) mass is 679 g/mol. The molecule has 0 spiro atoms. The third-order valence-corrected chi connectivity index (χ3v) is 11.9. The van der Waals surface area contributed by atoms with Crippen molar-refractivity contribution in [3.63, 3.8) is 0 Å². The predicted octanol–water partition coefficient (Wildman–Crippen LogP) is 14.6. The first-order chi connectivity index (χ1) is 26.0. The molecule has 8 aromatic carbocycles. The SMILES string of the molecule is CC1C=CC2=C(C1)C(C)(C)c1cc(N(c3ccc(-c4ccccc4)cc3)c3ccccc3-c3ccc4c5ccccc5c5ccccc5c4c3)ccc12. The lowest BCUT2D eigenvalue weighted by Crippen LogP contribution is -2.20. The van der Waals surface area contributed by atoms with Crippen molar-refractivity contribution >= 4 is 55.0 Å². The van der Waals surface area contributed by atoms with Crippen molar-refractivity contribution in [2.75, 3.05) is 4.90 Å². The number of fused-ring (bicyclic) bond motifs is 8. The van der Waals surface area contributed by atoms with Gasteiger partial charge in [0.1, 0.15) is 0 Å². The number of benzene rings is 8. The van der Waals surface area contributed by atoms with Gasteiger partial charge >= 0.3 is 0 Å². The number of para-hydroxylation sites is 1. The van der Waals surface area contributed by atoms with E-state index in [9.17, 15) is 0 Å². The highest BCUT2D eigenvalue weighted by atomic mass is 15.1. The van der Waals surface area contributed by atoms with Crippen LogP contribution in [-0.4, -0.2) is 0 Å². The van der Waals surface area contributed by atoms with E-state index in [2.05, 4.69) is 202 Å². The molecule has 1 nitrogen and oxygen atoms in total. The van der Waals surface area contributed by atoms with E-state index in [1.54, 1.807) is 5.57 Å². The largest absolute Gasteiger partial charge is 0.310 e. The molecule has 0 fully saturated rings. The molecule has 0 aliphatic heterocycles. The minimum absolute atomic E-state index is 0.0375. The Bertz CT molecular complexity index is 2750. The second-order valence-corrected chi connectivity index (χ2v) is 15.4. The Morgan fingerprint density at radius 3 is 1.77 bits per heavy atom. The summed E-state index contributed by atoms with van der Waals surface area (Å²) in [4.78, 5) is 2.47. The lowest BCUT2D eigenvalue weighted by Gasteiger charge is -2.31. The fraction of sp³-hybridized carbons (Fsp3) is 0.115. The highest BCUT2D eigenvalue weighted by Gasteiger charge is 2.39. The number of hydrogen-bond acceptors (Lipinski definition) is 1. The van der Waals surface area contributed by atoms with Gasteiger partial charge in [-0.15, -0.1) is 0 Å². The van der Waals surface area contributed by atoms with E-state index in [0.717, 1.165) is 17.8 Å². The van der Waals surface area contributed by atoms with E-state index < -0.39 is 0 Å². The average molecular weight is 680 g/mol. The van der Waals surface area contributed by atoms with Gasteiger partial charge in [-0.1, -0.05) is 166 Å². The maximum Gasteiger partial charge on any atom is 0.0540 e. The average Bonchev–Trinajstić information content (AvgIpc) is 3.43. The maximum atomic E-state index is 2.47. The highest BCUT2D eigenvalue weighted by molar-refractivity contribution is 6.25. The molecule has 254 valence electrons. The van der Waals surface area contributed by atoms with Crippen molar-refractivity contribution in [2.24, 2.45) is 5.92 Å². The molecule has 0 bridgehead atoms. The van der Waals surface area contributed by atoms with Gasteiger partial charge < -0.3 is 4.90 Å². The van der Waals surface area contributed by atoms with E-state index in [-0.39, 0.29) is 5.41 Å². The number of anilines is 3. The zero-order valence-corrected chi connectivity index (χ0v) is 30.5. The first-order valence-electron chi connectivity index (χ1n) is 18.9. The molecule has 10 rings (SSSR count). The summed E-state index contributed by atoms with van der Waals surface area (Å²) in [5.41, 5.74) is 14.0. The van der Waals surface area contributed by atoms with E-state index >= 15 is 0 Å². The number of hydrogen-bond donors (Lipinski definition) is 0. The number of rotatable bonds is 5. The van der Waals surface area contributed by atoms with E-state index in [1.165, 1.54) is 77.0 Å². The highest BCUT2D eigenvalue weighted by Crippen LogP contribution is 2.53.